The zero-order chi connectivity index (χ0) is 23.8. The second-order valence-corrected chi connectivity index (χ2v) is 8.61. The smallest absolute Gasteiger partial charge is 0.246 e. The summed E-state index contributed by atoms with van der Waals surface area (Å²) in [6.07, 6.45) is 3.09. The van der Waals surface area contributed by atoms with Crippen molar-refractivity contribution in [1.29, 1.82) is 0 Å². The Balaban J connectivity index is 1.60. The molecular weight excluding hydrogens is 449 g/mol. The number of halogens is 2. The highest BCUT2D eigenvalue weighted by Gasteiger charge is 2.27. The number of hydrogen-bond acceptors (Lipinski definition) is 7. The summed E-state index contributed by atoms with van der Waals surface area (Å²) in [5.41, 5.74) is -0.0223. The molecule has 0 bridgehead atoms. The summed E-state index contributed by atoms with van der Waals surface area (Å²) in [6.45, 7) is 7.59. The fourth-order valence-electron chi connectivity index (χ4n) is 3.65. The van der Waals surface area contributed by atoms with Gasteiger partial charge in [0.15, 0.2) is 11.6 Å². The van der Waals surface area contributed by atoms with Gasteiger partial charge in [0, 0.05) is 24.6 Å². The molecule has 1 aromatic carbocycles. The van der Waals surface area contributed by atoms with Crippen LogP contribution in [0.15, 0.2) is 43.2 Å². The van der Waals surface area contributed by atoms with Crippen molar-refractivity contribution >= 4 is 40.0 Å². The zero-order valence-corrected chi connectivity index (χ0v) is 18.9. The van der Waals surface area contributed by atoms with Crippen molar-refractivity contribution in [3.8, 4) is 5.88 Å². The average molecular weight is 472 g/mol. The number of hydrogen-bond donors (Lipinski definition) is 2. The molecule has 2 aromatic heterocycles. The number of ether oxygens (including phenoxy) is 1. The lowest BCUT2D eigenvalue weighted by atomic mass is 9.98. The van der Waals surface area contributed by atoms with Gasteiger partial charge in [0.1, 0.15) is 17.9 Å². The van der Waals surface area contributed by atoms with E-state index in [1.54, 1.807) is 23.1 Å². The molecule has 0 unspecified atom stereocenters. The number of carbonyl (C=O) groups is 1. The van der Waals surface area contributed by atoms with Crippen LogP contribution < -0.4 is 10.1 Å². The monoisotopic (exact) mass is 471 g/mol. The molecule has 4 rings (SSSR count). The minimum Gasteiger partial charge on any atom is -0.472 e. The third-order valence-electron chi connectivity index (χ3n) is 5.37. The molecule has 1 saturated heterocycles. The van der Waals surface area contributed by atoms with Crippen molar-refractivity contribution < 1.29 is 19.0 Å². The van der Waals surface area contributed by atoms with Gasteiger partial charge in [0.25, 0.3) is 0 Å². The number of fused-ring (bicyclic) bond motifs is 1. The van der Waals surface area contributed by atoms with Gasteiger partial charge in [0.2, 0.25) is 11.8 Å². The van der Waals surface area contributed by atoms with E-state index >= 15 is 0 Å². The standard InChI is InChI=1S/C23H23ClFN5O3/c1-4-18(31)30-10-9-13(11-30)33-17-8-7-16-21(29-17)22(27-12-26-16)28-15-6-5-14(23(2,3)32)19(24)20(15)25/h4-8,12-13,32H,1,9-11H2,2-3H3,(H,26,27,28)/t13-/m0/s1. The fraction of sp³-hybridized carbons (Fsp3) is 0.304. The van der Waals surface area contributed by atoms with Crippen LogP contribution in [0.3, 0.4) is 0 Å². The molecule has 1 fully saturated rings. The van der Waals surface area contributed by atoms with Crippen LogP contribution in [0.5, 0.6) is 5.88 Å². The minimum atomic E-state index is -1.29. The first-order valence-corrected chi connectivity index (χ1v) is 10.7. The Hall–Kier alpha value is -3.30. The molecule has 1 amide bonds. The predicted molar refractivity (Wildman–Crippen MR) is 123 cm³/mol. The third-order valence-corrected chi connectivity index (χ3v) is 5.74. The lowest BCUT2D eigenvalue weighted by Crippen LogP contribution is -2.29. The Kier molecular flexibility index (Phi) is 6.18. The molecule has 172 valence electrons. The zero-order valence-electron chi connectivity index (χ0n) is 18.2. The van der Waals surface area contributed by atoms with E-state index < -0.39 is 11.4 Å². The van der Waals surface area contributed by atoms with Crippen LogP contribution in [0.25, 0.3) is 11.0 Å². The summed E-state index contributed by atoms with van der Waals surface area (Å²) >= 11 is 6.15. The lowest BCUT2D eigenvalue weighted by molar-refractivity contribution is -0.125. The topological polar surface area (TPSA) is 100 Å². The molecule has 8 nitrogen and oxygen atoms in total. The molecule has 0 radical (unpaired) electrons. The van der Waals surface area contributed by atoms with Gasteiger partial charge in [-0.1, -0.05) is 24.2 Å². The number of benzene rings is 1. The molecule has 1 aliphatic heterocycles. The highest BCUT2D eigenvalue weighted by molar-refractivity contribution is 6.32. The van der Waals surface area contributed by atoms with Gasteiger partial charge in [-0.05, 0) is 32.1 Å². The van der Waals surface area contributed by atoms with E-state index in [2.05, 4.69) is 26.8 Å². The number of aliphatic hydroxyl groups is 1. The minimum absolute atomic E-state index is 0.0792. The molecule has 0 spiro atoms. The highest BCUT2D eigenvalue weighted by atomic mass is 35.5. The molecule has 1 atom stereocenters. The number of nitrogens with zero attached hydrogens (tertiary/aromatic N) is 4. The summed E-state index contributed by atoms with van der Waals surface area (Å²) < 4.78 is 20.9. The van der Waals surface area contributed by atoms with Crippen LogP contribution in [0, 0.1) is 5.82 Å². The van der Waals surface area contributed by atoms with Gasteiger partial charge >= 0.3 is 0 Å². The van der Waals surface area contributed by atoms with Crippen LogP contribution in [0.2, 0.25) is 5.02 Å². The van der Waals surface area contributed by atoms with Gasteiger partial charge < -0.3 is 20.1 Å². The molecule has 1 aliphatic rings. The highest BCUT2D eigenvalue weighted by Crippen LogP contribution is 2.35. The number of rotatable bonds is 6. The first-order chi connectivity index (χ1) is 15.7. The molecule has 10 heteroatoms. The molecule has 0 saturated carbocycles. The SMILES string of the molecule is C=CC(=O)N1CC[C@H](Oc2ccc3ncnc(Nc4ccc(C(C)(C)O)c(Cl)c4F)c3n2)C1. The van der Waals surface area contributed by atoms with Crippen molar-refractivity contribution in [2.75, 3.05) is 18.4 Å². The third kappa shape index (κ3) is 4.74. The normalized spacial score (nSPS) is 16.2. The number of nitrogens with one attached hydrogen (secondary N) is 1. The van der Waals surface area contributed by atoms with Crippen molar-refractivity contribution in [3.63, 3.8) is 0 Å². The lowest BCUT2D eigenvalue weighted by Gasteiger charge is -2.21. The molecule has 33 heavy (non-hydrogen) atoms. The van der Waals surface area contributed by atoms with E-state index in [-0.39, 0.29) is 34.1 Å². The quantitative estimate of drug-likeness (QED) is 0.525. The summed E-state index contributed by atoms with van der Waals surface area (Å²) in [5, 5.41) is 12.9. The van der Waals surface area contributed by atoms with Crippen molar-refractivity contribution in [1.82, 2.24) is 19.9 Å². The Bertz CT molecular complexity index is 1230. The van der Waals surface area contributed by atoms with E-state index in [1.807, 2.05) is 0 Å². The Morgan fingerprint density at radius 3 is 2.88 bits per heavy atom. The largest absolute Gasteiger partial charge is 0.472 e. The number of anilines is 2. The van der Waals surface area contributed by atoms with E-state index in [0.29, 0.717) is 36.4 Å². The van der Waals surface area contributed by atoms with Crippen LogP contribution in [-0.4, -0.2) is 50.1 Å². The van der Waals surface area contributed by atoms with Crippen LogP contribution in [-0.2, 0) is 10.4 Å². The first-order valence-electron chi connectivity index (χ1n) is 10.3. The molecular formula is C23H23ClFN5O3. The van der Waals surface area contributed by atoms with E-state index in [0.717, 1.165) is 0 Å². The second kappa shape index (κ2) is 8.92. The van der Waals surface area contributed by atoms with Crippen LogP contribution >= 0.6 is 11.6 Å². The first kappa shape index (κ1) is 22.9. The summed E-state index contributed by atoms with van der Waals surface area (Å²) in [7, 11) is 0. The van der Waals surface area contributed by atoms with Crippen molar-refractivity contribution in [2.24, 2.45) is 0 Å². The van der Waals surface area contributed by atoms with E-state index in [9.17, 15) is 14.3 Å². The Morgan fingerprint density at radius 1 is 1.36 bits per heavy atom. The number of likely N-dealkylation sites (tertiary alicyclic amines) is 1. The Labute approximate surface area is 195 Å². The predicted octanol–water partition coefficient (Wildman–Crippen LogP) is 3.95. The van der Waals surface area contributed by atoms with Crippen LogP contribution in [0.1, 0.15) is 25.8 Å². The molecule has 3 heterocycles. The fourth-order valence-corrected chi connectivity index (χ4v) is 4.05. The van der Waals surface area contributed by atoms with Gasteiger partial charge in [0.05, 0.1) is 28.4 Å². The van der Waals surface area contributed by atoms with Gasteiger partial charge in [-0.3, -0.25) is 4.79 Å². The summed E-state index contributed by atoms with van der Waals surface area (Å²) in [4.78, 5) is 26.4. The van der Waals surface area contributed by atoms with Crippen molar-refractivity contribution in [2.45, 2.75) is 32.0 Å². The number of carbonyl (C=O) groups excluding carboxylic acids is 1. The number of pyridine rings is 1. The van der Waals surface area contributed by atoms with Crippen LogP contribution in [0.4, 0.5) is 15.9 Å². The van der Waals surface area contributed by atoms with Gasteiger partial charge in [-0.15, -0.1) is 0 Å². The maximum absolute atomic E-state index is 14.9. The summed E-state index contributed by atoms with van der Waals surface area (Å²) in [5.74, 6) is -0.238. The molecule has 3 aromatic rings. The van der Waals surface area contributed by atoms with E-state index in [4.69, 9.17) is 16.3 Å². The Morgan fingerprint density at radius 2 is 2.15 bits per heavy atom. The van der Waals surface area contributed by atoms with Gasteiger partial charge in [-0.25, -0.2) is 19.3 Å². The average Bonchev–Trinajstić information content (AvgIpc) is 3.24. The number of amides is 1. The second-order valence-electron chi connectivity index (χ2n) is 8.23. The van der Waals surface area contributed by atoms with E-state index in [1.165, 1.54) is 32.3 Å². The number of aromatic nitrogens is 3. The maximum atomic E-state index is 14.9. The maximum Gasteiger partial charge on any atom is 0.246 e. The molecule has 0 aliphatic carbocycles. The van der Waals surface area contributed by atoms with Gasteiger partial charge in [-0.2, -0.15) is 0 Å². The molecule has 2 N–H and O–H groups in total. The summed E-state index contributed by atoms with van der Waals surface area (Å²) in [6, 6.07) is 6.45. The van der Waals surface area contributed by atoms with Crippen molar-refractivity contribution in [3.05, 3.63) is 59.7 Å².